The van der Waals surface area contributed by atoms with E-state index in [1.165, 1.54) is 4.31 Å². The molecule has 2 N–H and O–H groups in total. The van der Waals surface area contributed by atoms with Crippen LogP contribution in [0.1, 0.15) is 26.1 Å². The molecule has 2 heterocycles. The van der Waals surface area contributed by atoms with Crippen LogP contribution in [0.5, 0.6) is 0 Å². The van der Waals surface area contributed by atoms with E-state index >= 15 is 0 Å². The quantitative estimate of drug-likeness (QED) is 0.892. The number of hydrogen-bond donors (Lipinski definition) is 1. The van der Waals surface area contributed by atoms with Crippen molar-refractivity contribution in [3.8, 4) is 0 Å². The molecule has 20 heavy (non-hydrogen) atoms. The molecular weight excluding hydrogens is 276 g/mol. The maximum absolute atomic E-state index is 12.6. The van der Waals surface area contributed by atoms with Gasteiger partial charge in [-0.05, 0) is 38.6 Å². The molecule has 0 saturated carbocycles. The summed E-state index contributed by atoms with van der Waals surface area (Å²) >= 11 is 0. The fourth-order valence-electron chi connectivity index (χ4n) is 2.70. The smallest absolute Gasteiger partial charge is 0.262 e. The van der Waals surface area contributed by atoms with Crippen LogP contribution in [-0.2, 0) is 16.6 Å². The Labute approximate surface area is 121 Å². The molecule has 114 valence electrons. The van der Waals surface area contributed by atoms with Crippen molar-refractivity contribution < 1.29 is 8.42 Å². The van der Waals surface area contributed by atoms with Crippen LogP contribution in [0.3, 0.4) is 0 Å². The number of aromatic nitrogens is 2. The van der Waals surface area contributed by atoms with Gasteiger partial charge in [-0.2, -0.15) is 4.31 Å². The Balaban J connectivity index is 2.25. The van der Waals surface area contributed by atoms with Crippen LogP contribution in [0.15, 0.2) is 11.2 Å². The standard InChI is InChI=1S/C13H24N4O2S/c1-4-16-9-13(15-11(16)3)20(18,19)17-6-5-10(2)12(7-14)8-17/h9-10,12H,4-8,14H2,1-3H3. The Morgan fingerprint density at radius 1 is 1.50 bits per heavy atom. The van der Waals surface area contributed by atoms with E-state index in [0.29, 0.717) is 25.6 Å². The molecule has 1 fully saturated rings. The van der Waals surface area contributed by atoms with E-state index in [1.807, 2.05) is 18.4 Å². The summed E-state index contributed by atoms with van der Waals surface area (Å²) in [5, 5.41) is 0.155. The Bertz CT molecular complexity index is 567. The number of hydrogen-bond acceptors (Lipinski definition) is 4. The molecule has 2 atom stereocenters. The zero-order chi connectivity index (χ0) is 14.9. The summed E-state index contributed by atoms with van der Waals surface area (Å²) in [5.74, 6) is 1.43. The van der Waals surface area contributed by atoms with E-state index < -0.39 is 10.0 Å². The monoisotopic (exact) mass is 300 g/mol. The van der Waals surface area contributed by atoms with Gasteiger partial charge in [0.05, 0.1) is 0 Å². The molecule has 0 spiro atoms. The molecule has 1 aromatic heterocycles. The second-order valence-corrected chi connectivity index (χ2v) is 7.42. The van der Waals surface area contributed by atoms with Gasteiger partial charge in [-0.3, -0.25) is 0 Å². The first-order valence-electron chi connectivity index (χ1n) is 7.14. The second kappa shape index (κ2) is 5.83. The first-order chi connectivity index (χ1) is 9.40. The average molecular weight is 300 g/mol. The van der Waals surface area contributed by atoms with E-state index in [1.54, 1.807) is 6.20 Å². The van der Waals surface area contributed by atoms with Gasteiger partial charge in [0.15, 0.2) is 5.03 Å². The zero-order valence-electron chi connectivity index (χ0n) is 12.4. The first kappa shape index (κ1) is 15.5. The molecule has 0 aliphatic carbocycles. The molecule has 2 unspecified atom stereocenters. The van der Waals surface area contributed by atoms with Gasteiger partial charge in [0.1, 0.15) is 5.82 Å². The third-order valence-electron chi connectivity index (χ3n) is 4.28. The maximum Gasteiger partial charge on any atom is 0.262 e. The molecule has 1 aliphatic heterocycles. The maximum atomic E-state index is 12.6. The summed E-state index contributed by atoms with van der Waals surface area (Å²) < 4.78 is 28.7. The van der Waals surface area contributed by atoms with Crippen LogP contribution in [0.2, 0.25) is 0 Å². The molecule has 0 aromatic carbocycles. The lowest BCUT2D eigenvalue weighted by Crippen LogP contribution is -2.45. The number of rotatable bonds is 4. The van der Waals surface area contributed by atoms with Crippen LogP contribution in [0.4, 0.5) is 0 Å². The molecule has 7 heteroatoms. The van der Waals surface area contributed by atoms with Gasteiger partial charge in [-0.15, -0.1) is 0 Å². The van der Waals surface area contributed by atoms with Crippen molar-refractivity contribution in [2.24, 2.45) is 17.6 Å². The highest BCUT2D eigenvalue weighted by atomic mass is 32.2. The molecule has 6 nitrogen and oxygen atoms in total. The topological polar surface area (TPSA) is 81.2 Å². The van der Waals surface area contributed by atoms with Crippen molar-refractivity contribution in [1.82, 2.24) is 13.9 Å². The number of nitrogens with two attached hydrogens (primary N) is 1. The Hall–Kier alpha value is -0.920. The Morgan fingerprint density at radius 3 is 2.75 bits per heavy atom. The normalized spacial score (nSPS) is 25.0. The molecule has 1 aliphatic rings. The first-order valence-corrected chi connectivity index (χ1v) is 8.58. The number of piperidine rings is 1. The molecule has 2 rings (SSSR count). The van der Waals surface area contributed by atoms with Gasteiger partial charge in [0.25, 0.3) is 10.0 Å². The third kappa shape index (κ3) is 2.75. The summed E-state index contributed by atoms with van der Waals surface area (Å²) in [4.78, 5) is 4.20. The van der Waals surface area contributed by atoms with Crippen LogP contribution < -0.4 is 5.73 Å². The number of aryl methyl sites for hydroxylation is 2. The summed E-state index contributed by atoms with van der Waals surface area (Å²) in [6.45, 7) is 8.22. The van der Waals surface area contributed by atoms with Crippen molar-refractivity contribution in [2.45, 2.75) is 38.8 Å². The summed E-state index contributed by atoms with van der Waals surface area (Å²) in [6.07, 6.45) is 2.48. The van der Waals surface area contributed by atoms with E-state index in [2.05, 4.69) is 11.9 Å². The zero-order valence-corrected chi connectivity index (χ0v) is 13.2. The van der Waals surface area contributed by atoms with Crippen LogP contribution in [0, 0.1) is 18.8 Å². The largest absolute Gasteiger partial charge is 0.334 e. The SMILES string of the molecule is CCn1cc(S(=O)(=O)N2CCC(C)C(CN)C2)nc1C. The minimum Gasteiger partial charge on any atom is -0.334 e. The number of sulfonamides is 1. The average Bonchev–Trinajstić information content (AvgIpc) is 2.81. The highest BCUT2D eigenvalue weighted by molar-refractivity contribution is 7.89. The molecule has 1 aromatic rings. The molecule has 1 saturated heterocycles. The van der Waals surface area contributed by atoms with Crippen LogP contribution in [0.25, 0.3) is 0 Å². The van der Waals surface area contributed by atoms with Gasteiger partial charge in [0, 0.05) is 25.8 Å². The molecule has 0 radical (unpaired) electrons. The van der Waals surface area contributed by atoms with Crippen molar-refractivity contribution in [3.05, 3.63) is 12.0 Å². The minimum atomic E-state index is -3.49. The fourth-order valence-corrected chi connectivity index (χ4v) is 4.20. The number of nitrogens with zero attached hydrogens (tertiary/aromatic N) is 3. The Morgan fingerprint density at radius 2 is 2.20 bits per heavy atom. The van der Waals surface area contributed by atoms with E-state index in [0.717, 1.165) is 18.8 Å². The lowest BCUT2D eigenvalue weighted by atomic mass is 9.88. The van der Waals surface area contributed by atoms with Crippen LogP contribution >= 0.6 is 0 Å². The second-order valence-electron chi connectivity index (χ2n) is 5.54. The van der Waals surface area contributed by atoms with Gasteiger partial charge in [-0.25, -0.2) is 13.4 Å². The predicted molar refractivity (Wildman–Crippen MR) is 77.7 cm³/mol. The summed E-state index contributed by atoms with van der Waals surface area (Å²) in [6, 6.07) is 0. The van der Waals surface area contributed by atoms with Crippen molar-refractivity contribution in [3.63, 3.8) is 0 Å². The van der Waals surface area contributed by atoms with Crippen molar-refractivity contribution >= 4 is 10.0 Å². The van der Waals surface area contributed by atoms with Crippen molar-refractivity contribution in [2.75, 3.05) is 19.6 Å². The fraction of sp³-hybridized carbons (Fsp3) is 0.769. The third-order valence-corrected chi connectivity index (χ3v) is 6.02. The van der Waals surface area contributed by atoms with Crippen LogP contribution in [-0.4, -0.2) is 41.9 Å². The van der Waals surface area contributed by atoms with Gasteiger partial charge in [0.2, 0.25) is 0 Å². The molecule has 0 amide bonds. The van der Waals surface area contributed by atoms with Gasteiger partial charge >= 0.3 is 0 Å². The highest BCUT2D eigenvalue weighted by Gasteiger charge is 2.34. The molecule has 0 bridgehead atoms. The summed E-state index contributed by atoms with van der Waals surface area (Å²) in [5.41, 5.74) is 5.75. The number of imidazole rings is 1. The van der Waals surface area contributed by atoms with Gasteiger partial charge in [-0.1, -0.05) is 6.92 Å². The minimum absolute atomic E-state index is 0.155. The molecular formula is C13H24N4O2S. The lowest BCUT2D eigenvalue weighted by Gasteiger charge is -2.35. The lowest BCUT2D eigenvalue weighted by molar-refractivity contribution is 0.203. The van der Waals surface area contributed by atoms with E-state index in [-0.39, 0.29) is 10.9 Å². The predicted octanol–water partition coefficient (Wildman–Crippen LogP) is 0.817. The van der Waals surface area contributed by atoms with Gasteiger partial charge < -0.3 is 10.3 Å². The van der Waals surface area contributed by atoms with E-state index in [4.69, 9.17) is 5.73 Å². The summed E-state index contributed by atoms with van der Waals surface area (Å²) in [7, 11) is -3.49. The highest BCUT2D eigenvalue weighted by Crippen LogP contribution is 2.26. The Kier molecular flexibility index (Phi) is 4.51. The van der Waals surface area contributed by atoms with Crippen molar-refractivity contribution in [1.29, 1.82) is 0 Å². The van der Waals surface area contributed by atoms with E-state index in [9.17, 15) is 8.42 Å².